The molecule has 0 radical (unpaired) electrons. The number of carbonyl (C=O) groups is 1. The number of aromatic hydroxyl groups is 1. The van der Waals surface area contributed by atoms with Crippen molar-refractivity contribution in [2.75, 3.05) is 0 Å². The zero-order valence-corrected chi connectivity index (χ0v) is 14.2. The Labute approximate surface area is 147 Å². The molecule has 4 nitrogen and oxygen atoms in total. The number of amides is 1. The minimum absolute atomic E-state index is 0.121. The molecule has 0 spiro atoms. The van der Waals surface area contributed by atoms with Gasteiger partial charge in [0.25, 0.3) is 5.91 Å². The highest BCUT2D eigenvalue weighted by Crippen LogP contribution is 2.25. The molecule has 5 heteroatoms. The summed E-state index contributed by atoms with van der Waals surface area (Å²) < 4.78 is 0.853. The minimum Gasteiger partial charge on any atom is -0.507 e. The summed E-state index contributed by atoms with van der Waals surface area (Å²) in [7, 11) is 0. The maximum absolute atomic E-state index is 12.1. The third-order valence-electron chi connectivity index (χ3n) is 3.43. The molecule has 23 heavy (non-hydrogen) atoms. The van der Waals surface area contributed by atoms with E-state index in [0.29, 0.717) is 11.1 Å². The van der Waals surface area contributed by atoms with Crippen LogP contribution in [0.3, 0.4) is 0 Å². The van der Waals surface area contributed by atoms with Crippen molar-refractivity contribution in [1.82, 2.24) is 5.43 Å². The van der Waals surface area contributed by atoms with Gasteiger partial charge in [0.05, 0.1) is 11.8 Å². The van der Waals surface area contributed by atoms with Crippen molar-refractivity contribution in [3.8, 4) is 5.75 Å². The van der Waals surface area contributed by atoms with Gasteiger partial charge >= 0.3 is 0 Å². The standard InChI is InChI=1S/C18H13IN2O2/c19-16-8-4-3-7-14(16)18(23)21-20-11-15-13-6-2-1-5-12(13)9-10-17(15)22/h1-11,22H,(H,21,23)/b20-11+. The number of hydrazone groups is 1. The largest absolute Gasteiger partial charge is 0.507 e. The lowest BCUT2D eigenvalue weighted by Gasteiger charge is -2.05. The smallest absolute Gasteiger partial charge is 0.272 e. The van der Waals surface area contributed by atoms with Gasteiger partial charge in [-0.1, -0.05) is 42.5 Å². The molecule has 3 rings (SSSR count). The Kier molecular flexibility index (Phi) is 4.57. The van der Waals surface area contributed by atoms with E-state index in [2.05, 4.69) is 33.1 Å². The molecule has 0 aromatic heterocycles. The van der Waals surface area contributed by atoms with Crippen molar-refractivity contribution in [2.24, 2.45) is 5.10 Å². The molecular formula is C18H13IN2O2. The Bertz CT molecular complexity index is 906. The summed E-state index contributed by atoms with van der Waals surface area (Å²) in [5, 5.41) is 15.9. The summed E-state index contributed by atoms with van der Waals surface area (Å²) in [6, 6.07) is 18.4. The lowest BCUT2D eigenvalue weighted by atomic mass is 10.0. The molecule has 114 valence electrons. The van der Waals surface area contributed by atoms with E-state index in [9.17, 15) is 9.90 Å². The van der Waals surface area contributed by atoms with Crippen LogP contribution in [0.4, 0.5) is 0 Å². The fraction of sp³-hybridized carbons (Fsp3) is 0. The Balaban J connectivity index is 1.85. The fourth-order valence-corrected chi connectivity index (χ4v) is 2.91. The van der Waals surface area contributed by atoms with Crippen LogP contribution in [0.15, 0.2) is 65.8 Å². The van der Waals surface area contributed by atoms with Crippen LogP contribution in [0.5, 0.6) is 5.75 Å². The monoisotopic (exact) mass is 416 g/mol. The van der Waals surface area contributed by atoms with Crippen molar-refractivity contribution in [1.29, 1.82) is 0 Å². The van der Waals surface area contributed by atoms with E-state index < -0.39 is 0 Å². The summed E-state index contributed by atoms with van der Waals surface area (Å²) in [5.74, 6) is -0.165. The predicted octanol–water partition coefficient (Wildman–Crippen LogP) is 3.91. The molecule has 0 unspecified atom stereocenters. The van der Waals surface area contributed by atoms with Crippen LogP contribution in [0.2, 0.25) is 0 Å². The van der Waals surface area contributed by atoms with Crippen LogP contribution in [0, 0.1) is 3.57 Å². The Hall–Kier alpha value is -2.41. The van der Waals surface area contributed by atoms with Crippen LogP contribution >= 0.6 is 22.6 Å². The van der Waals surface area contributed by atoms with Gasteiger partial charge in [-0.15, -0.1) is 0 Å². The number of phenolic OH excluding ortho intramolecular Hbond substituents is 1. The Morgan fingerprint density at radius 2 is 1.78 bits per heavy atom. The van der Waals surface area contributed by atoms with Crippen LogP contribution in [-0.2, 0) is 0 Å². The van der Waals surface area contributed by atoms with Crippen LogP contribution in [-0.4, -0.2) is 17.2 Å². The first-order valence-corrected chi connectivity index (χ1v) is 8.03. The van der Waals surface area contributed by atoms with Gasteiger partial charge in [-0.2, -0.15) is 5.10 Å². The molecule has 0 saturated heterocycles. The zero-order valence-electron chi connectivity index (χ0n) is 12.0. The van der Waals surface area contributed by atoms with Crippen molar-refractivity contribution >= 4 is 45.5 Å². The van der Waals surface area contributed by atoms with Crippen molar-refractivity contribution < 1.29 is 9.90 Å². The topological polar surface area (TPSA) is 61.7 Å². The second-order valence-corrected chi connectivity index (χ2v) is 6.06. The maximum Gasteiger partial charge on any atom is 0.272 e. The number of fused-ring (bicyclic) bond motifs is 1. The van der Waals surface area contributed by atoms with E-state index in [1.165, 1.54) is 6.21 Å². The molecule has 0 fully saturated rings. The number of hydrogen-bond acceptors (Lipinski definition) is 3. The van der Waals surface area contributed by atoms with Gasteiger partial charge in [-0.05, 0) is 51.6 Å². The normalized spacial score (nSPS) is 11.0. The molecule has 3 aromatic rings. The van der Waals surface area contributed by atoms with Gasteiger partial charge in [0.2, 0.25) is 0 Å². The number of nitrogens with one attached hydrogen (secondary N) is 1. The van der Waals surface area contributed by atoms with E-state index in [4.69, 9.17) is 0 Å². The highest BCUT2D eigenvalue weighted by Gasteiger charge is 2.08. The van der Waals surface area contributed by atoms with Gasteiger partial charge < -0.3 is 5.11 Å². The number of nitrogens with zero attached hydrogens (tertiary/aromatic N) is 1. The molecule has 3 aromatic carbocycles. The number of halogens is 1. The van der Waals surface area contributed by atoms with E-state index in [1.54, 1.807) is 18.2 Å². The van der Waals surface area contributed by atoms with Gasteiger partial charge in [-0.3, -0.25) is 4.79 Å². The molecule has 0 bridgehead atoms. The summed E-state index contributed by atoms with van der Waals surface area (Å²) >= 11 is 2.10. The molecule has 0 aliphatic heterocycles. The number of benzene rings is 3. The quantitative estimate of drug-likeness (QED) is 0.387. The van der Waals surface area contributed by atoms with Gasteiger partial charge in [-0.25, -0.2) is 5.43 Å². The van der Waals surface area contributed by atoms with E-state index in [-0.39, 0.29) is 11.7 Å². The number of hydrogen-bond donors (Lipinski definition) is 2. The first-order chi connectivity index (χ1) is 11.2. The third-order valence-corrected chi connectivity index (χ3v) is 4.37. The predicted molar refractivity (Wildman–Crippen MR) is 99.8 cm³/mol. The summed E-state index contributed by atoms with van der Waals surface area (Å²) in [5.41, 5.74) is 3.63. The first-order valence-electron chi connectivity index (χ1n) is 6.95. The highest BCUT2D eigenvalue weighted by atomic mass is 127. The summed E-state index contributed by atoms with van der Waals surface area (Å²) in [6.45, 7) is 0. The molecule has 0 aliphatic carbocycles. The second kappa shape index (κ2) is 6.78. The van der Waals surface area contributed by atoms with Crippen LogP contribution in [0.1, 0.15) is 15.9 Å². The SMILES string of the molecule is O=C(N/N=C/c1c(O)ccc2ccccc12)c1ccccc1I. The highest BCUT2D eigenvalue weighted by molar-refractivity contribution is 14.1. The van der Waals surface area contributed by atoms with Gasteiger partial charge in [0.15, 0.2) is 0 Å². The molecule has 0 aliphatic rings. The maximum atomic E-state index is 12.1. The molecular weight excluding hydrogens is 403 g/mol. The van der Waals surface area contributed by atoms with E-state index >= 15 is 0 Å². The fourth-order valence-electron chi connectivity index (χ4n) is 2.28. The number of phenols is 1. The second-order valence-electron chi connectivity index (χ2n) is 4.90. The minimum atomic E-state index is -0.286. The number of rotatable bonds is 3. The lowest BCUT2D eigenvalue weighted by molar-refractivity contribution is 0.0954. The van der Waals surface area contributed by atoms with Crippen LogP contribution < -0.4 is 5.43 Å². The summed E-state index contributed by atoms with van der Waals surface area (Å²) in [4.78, 5) is 12.1. The zero-order chi connectivity index (χ0) is 16.2. The molecule has 0 heterocycles. The summed E-state index contributed by atoms with van der Waals surface area (Å²) in [6.07, 6.45) is 1.46. The molecule has 2 N–H and O–H groups in total. The Morgan fingerprint density at radius 1 is 1.04 bits per heavy atom. The van der Waals surface area contributed by atoms with Crippen molar-refractivity contribution in [2.45, 2.75) is 0 Å². The van der Waals surface area contributed by atoms with Crippen molar-refractivity contribution in [3.63, 3.8) is 0 Å². The average Bonchev–Trinajstić information content (AvgIpc) is 2.57. The Morgan fingerprint density at radius 3 is 2.61 bits per heavy atom. The van der Waals surface area contributed by atoms with Gasteiger partial charge in [0, 0.05) is 9.13 Å². The average molecular weight is 416 g/mol. The number of carbonyl (C=O) groups excluding carboxylic acids is 1. The first kappa shape index (κ1) is 15.5. The van der Waals surface area contributed by atoms with E-state index in [1.807, 2.05) is 42.5 Å². The van der Waals surface area contributed by atoms with Gasteiger partial charge in [0.1, 0.15) is 5.75 Å². The van der Waals surface area contributed by atoms with Crippen molar-refractivity contribution in [3.05, 3.63) is 75.4 Å². The van der Waals surface area contributed by atoms with Crippen LogP contribution in [0.25, 0.3) is 10.8 Å². The molecule has 0 saturated carbocycles. The third kappa shape index (κ3) is 3.34. The van der Waals surface area contributed by atoms with E-state index in [0.717, 1.165) is 14.3 Å². The molecule has 1 amide bonds. The lowest BCUT2D eigenvalue weighted by Crippen LogP contribution is -2.18. The molecule has 0 atom stereocenters.